The van der Waals surface area contributed by atoms with Gasteiger partial charge < -0.3 is 14.9 Å². The van der Waals surface area contributed by atoms with E-state index in [1.165, 1.54) is 7.11 Å². The van der Waals surface area contributed by atoms with Crippen LogP contribution >= 0.6 is 0 Å². The van der Waals surface area contributed by atoms with Crippen LogP contribution in [-0.4, -0.2) is 41.3 Å². The number of carbonyl (C=O) groups is 2. The molecular weight excluding hydrogens is 404 g/mol. The first-order valence-electron chi connectivity index (χ1n) is 12.2. The van der Waals surface area contributed by atoms with Crippen LogP contribution in [0.15, 0.2) is 36.4 Å². The summed E-state index contributed by atoms with van der Waals surface area (Å²) in [6, 6.07) is 9.80. The van der Waals surface area contributed by atoms with E-state index in [1.54, 1.807) is 0 Å². The Morgan fingerprint density at radius 1 is 1.12 bits per heavy atom. The molecule has 0 heterocycles. The Kier molecular flexibility index (Phi) is 11.7. The standard InChI is InChI=1S/C27H40O5/c1-3-4-8-16-24(28)22(20-13-9-7-10-14-20)18-23-21(25(29)19-26(23)30)15-11-5-6-12-17-27(31)32-2/h7,9-10,13-14,18,21,23-24,26,28,30H,3-6,8,11-12,15-17,19H2,1-2H3/b22-18+/t21-,23-,24+,26-/m1/s1. The summed E-state index contributed by atoms with van der Waals surface area (Å²) < 4.78 is 4.66. The van der Waals surface area contributed by atoms with Gasteiger partial charge >= 0.3 is 5.97 Å². The maximum absolute atomic E-state index is 12.6. The number of ketones is 1. The second kappa shape index (κ2) is 14.2. The molecule has 2 N–H and O–H groups in total. The van der Waals surface area contributed by atoms with E-state index < -0.39 is 12.2 Å². The minimum Gasteiger partial charge on any atom is -0.469 e. The van der Waals surface area contributed by atoms with Crippen molar-refractivity contribution in [2.24, 2.45) is 11.8 Å². The molecular formula is C27H40O5. The molecule has 0 aromatic heterocycles. The maximum atomic E-state index is 12.6. The van der Waals surface area contributed by atoms with Crippen molar-refractivity contribution >= 4 is 17.3 Å². The zero-order valence-corrected chi connectivity index (χ0v) is 19.7. The first-order valence-corrected chi connectivity index (χ1v) is 12.2. The van der Waals surface area contributed by atoms with Crippen molar-refractivity contribution in [2.75, 3.05) is 7.11 Å². The second-order valence-corrected chi connectivity index (χ2v) is 8.95. The summed E-state index contributed by atoms with van der Waals surface area (Å²) in [4.78, 5) is 23.8. The lowest BCUT2D eigenvalue weighted by atomic mass is 9.85. The molecule has 1 fully saturated rings. The van der Waals surface area contributed by atoms with Gasteiger partial charge in [0.1, 0.15) is 5.78 Å². The van der Waals surface area contributed by atoms with Crippen molar-refractivity contribution in [1.29, 1.82) is 0 Å². The number of benzene rings is 1. The van der Waals surface area contributed by atoms with E-state index >= 15 is 0 Å². The van der Waals surface area contributed by atoms with Crippen molar-refractivity contribution in [3.8, 4) is 0 Å². The van der Waals surface area contributed by atoms with Crippen molar-refractivity contribution < 1.29 is 24.5 Å². The van der Waals surface area contributed by atoms with Gasteiger partial charge in [-0.3, -0.25) is 9.59 Å². The Bertz CT molecular complexity index is 727. The van der Waals surface area contributed by atoms with Gasteiger partial charge in [0.15, 0.2) is 0 Å². The largest absolute Gasteiger partial charge is 0.469 e. The number of rotatable bonds is 14. The van der Waals surface area contributed by atoms with Crippen LogP contribution in [0.3, 0.4) is 0 Å². The highest BCUT2D eigenvalue weighted by Gasteiger charge is 2.40. The molecule has 1 aromatic rings. The van der Waals surface area contributed by atoms with Gasteiger partial charge in [-0.2, -0.15) is 0 Å². The zero-order chi connectivity index (χ0) is 23.3. The molecule has 0 saturated heterocycles. The SMILES string of the molecule is CCCCC[C@H](O)/C(=C/[C@H]1[C@H](O)CC(=O)[C@@H]1CCCCCCC(=O)OC)c1ccccc1. The fourth-order valence-corrected chi connectivity index (χ4v) is 4.63. The molecule has 5 nitrogen and oxygen atoms in total. The van der Waals surface area contributed by atoms with Crippen molar-refractivity contribution in [3.63, 3.8) is 0 Å². The molecule has 0 bridgehead atoms. The van der Waals surface area contributed by atoms with Crippen LogP contribution < -0.4 is 0 Å². The van der Waals surface area contributed by atoms with Gasteiger partial charge in [0.05, 0.1) is 19.3 Å². The minimum atomic E-state index is -0.701. The van der Waals surface area contributed by atoms with Gasteiger partial charge in [-0.05, 0) is 30.4 Å². The molecule has 1 aliphatic rings. The number of unbranched alkanes of at least 4 members (excludes halogenated alkanes) is 5. The number of esters is 1. The van der Waals surface area contributed by atoms with E-state index in [-0.39, 0.29) is 30.0 Å². The van der Waals surface area contributed by atoms with Crippen LogP contribution in [0, 0.1) is 11.8 Å². The highest BCUT2D eigenvalue weighted by Crippen LogP contribution is 2.37. The lowest BCUT2D eigenvalue weighted by Gasteiger charge is -2.22. The third-order valence-electron chi connectivity index (χ3n) is 6.53. The smallest absolute Gasteiger partial charge is 0.305 e. The average Bonchev–Trinajstić information content (AvgIpc) is 3.06. The summed E-state index contributed by atoms with van der Waals surface area (Å²) in [5.74, 6) is -0.558. The highest BCUT2D eigenvalue weighted by atomic mass is 16.5. The zero-order valence-electron chi connectivity index (χ0n) is 19.7. The number of aliphatic hydroxyl groups is 2. The Hall–Kier alpha value is -1.98. The topological polar surface area (TPSA) is 83.8 Å². The van der Waals surface area contributed by atoms with Crippen LogP contribution in [-0.2, 0) is 14.3 Å². The van der Waals surface area contributed by atoms with Crippen LogP contribution in [0.2, 0.25) is 0 Å². The summed E-state index contributed by atoms with van der Waals surface area (Å²) in [7, 11) is 1.40. The molecule has 0 amide bonds. The van der Waals surface area contributed by atoms with Gasteiger partial charge in [-0.25, -0.2) is 0 Å². The molecule has 32 heavy (non-hydrogen) atoms. The van der Waals surface area contributed by atoms with E-state index in [1.807, 2.05) is 36.4 Å². The number of Topliss-reactive ketones (excluding diaryl/α,β-unsaturated/α-hetero) is 1. The minimum absolute atomic E-state index is 0.112. The molecule has 5 heteroatoms. The number of hydrogen-bond donors (Lipinski definition) is 2. The van der Waals surface area contributed by atoms with Gasteiger partial charge in [-0.1, -0.05) is 81.9 Å². The summed E-state index contributed by atoms with van der Waals surface area (Å²) in [5, 5.41) is 21.6. The second-order valence-electron chi connectivity index (χ2n) is 8.95. The molecule has 0 radical (unpaired) electrons. The van der Waals surface area contributed by atoms with Crippen molar-refractivity contribution in [1.82, 2.24) is 0 Å². The molecule has 1 aliphatic carbocycles. The molecule has 1 aromatic carbocycles. The predicted molar refractivity (Wildman–Crippen MR) is 127 cm³/mol. The highest BCUT2D eigenvalue weighted by molar-refractivity contribution is 5.85. The van der Waals surface area contributed by atoms with Crippen molar-refractivity contribution in [3.05, 3.63) is 42.0 Å². The molecule has 2 rings (SSSR count). The van der Waals surface area contributed by atoms with E-state index in [2.05, 4.69) is 11.7 Å². The maximum Gasteiger partial charge on any atom is 0.305 e. The average molecular weight is 445 g/mol. The number of aliphatic hydroxyl groups excluding tert-OH is 2. The molecule has 178 valence electrons. The van der Waals surface area contributed by atoms with E-state index in [0.29, 0.717) is 12.8 Å². The third-order valence-corrected chi connectivity index (χ3v) is 6.53. The normalized spacial score (nSPS) is 22.2. The fraction of sp³-hybridized carbons (Fsp3) is 0.630. The van der Waals surface area contributed by atoms with Crippen LogP contribution in [0.4, 0.5) is 0 Å². The molecule has 1 saturated carbocycles. The molecule has 0 aliphatic heterocycles. The van der Waals surface area contributed by atoms with Gasteiger partial charge in [0, 0.05) is 24.7 Å². The number of hydrogen-bond acceptors (Lipinski definition) is 5. The van der Waals surface area contributed by atoms with E-state index in [0.717, 1.165) is 62.5 Å². The summed E-state index contributed by atoms with van der Waals surface area (Å²) >= 11 is 0. The molecule has 0 unspecified atom stereocenters. The Labute approximate surface area is 192 Å². The number of methoxy groups -OCH3 is 1. The predicted octanol–water partition coefficient (Wildman–Crippen LogP) is 5.09. The van der Waals surface area contributed by atoms with E-state index in [9.17, 15) is 19.8 Å². The summed E-state index contributed by atoms with van der Waals surface area (Å²) in [6.45, 7) is 2.14. The molecule has 4 atom stereocenters. The lowest BCUT2D eigenvalue weighted by molar-refractivity contribution is -0.140. The number of carbonyl (C=O) groups excluding carboxylic acids is 2. The monoisotopic (exact) mass is 444 g/mol. The fourth-order valence-electron chi connectivity index (χ4n) is 4.63. The first kappa shape index (κ1) is 26.3. The first-order chi connectivity index (χ1) is 15.5. The van der Waals surface area contributed by atoms with E-state index in [4.69, 9.17) is 0 Å². The number of ether oxygens (including phenoxy) is 1. The lowest BCUT2D eigenvalue weighted by Crippen LogP contribution is -2.21. The van der Waals surface area contributed by atoms with Gasteiger partial charge in [-0.15, -0.1) is 0 Å². The Balaban J connectivity index is 2.06. The summed E-state index contributed by atoms with van der Waals surface area (Å²) in [6.07, 6.45) is 9.33. The third kappa shape index (κ3) is 8.18. The van der Waals surface area contributed by atoms with Crippen LogP contribution in [0.5, 0.6) is 0 Å². The summed E-state index contributed by atoms with van der Waals surface area (Å²) in [5.41, 5.74) is 1.77. The Morgan fingerprint density at radius 2 is 1.84 bits per heavy atom. The Morgan fingerprint density at radius 3 is 2.53 bits per heavy atom. The quantitative estimate of drug-likeness (QED) is 0.308. The van der Waals surface area contributed by atoms with Crippen LogP contribution in [0.1, 0.15) is 83.1 Å². The van der Waals surface area contributed by atoms with Gasteiger partial charge in [0.2, 0.25) is 0 Å². The molecule has 0 spiro atoms. The van der Waals surface area contributed by atoms with Gasteiger partial charge in [0.25, 0.3) is 0 Å². The van der Waals surface area contributed by atoms with Crippen molar-refractivity contribution in [2.45, 2.75) is 89.8 Å². The van der Waals surface area contributed by atoms with Crippen LogP contribution in [0.25, 0.3) is 5.57 Å².